The molecule has 0 aliphatic rings. The first-order valence-corrected chi connectivity index (χ1v) is 4.92. The summed E-state index contributed by atoms with van der Waals surface area (Å²) < 4.78 is 12.7. The van der Waals surface area contributed by atoms with E-state index in [-0.39, 0.29) is 11.4 Å². The largest absolute Gasteiger partial charge is 0.478 e. The lowest BCUT2D eigenvalue weighted by molar-refractivity contribution is 0.0697. The summed E-state index contributed by atoms with van der Waals surface area (Å²) in [5.41, 5.74) is -0.418. The average Bonchev–Trinajstić information content (AvgIpc) is 2.34. The van der Waals surface area contributed by atoms with Gasteiger partial charge in [-0.1, -0.05) is 0 Å². The van der Waals surface area contributed by atoms with Crippen LogP contribution in [0.5, 0.6) is 0 Å². The van der Waals surface area contributed by atoms with E-state index >= 15 is 0 Å². The SMILES string of the molecule is O=C(O)c1cc(=O)[nH]nc1Nc1ccc(F)cc1. The second-order valence-corrected chi connectivity index (χ2v) is 3.43. The molecule has 0 spiro atoms. The molecule has 0 unspecified atom stereocenters. The predicted octanol–water partition coefficient (Wildman–Crippen LogP) is 1.35. The fourth-order valence-corrected chi connectivity index (χ4v) is 1.33. The highest BCUT2D eigenvalue weighted by atomic mass is 19.1. The molecule has 18 heavy (non-hydrogen) atoms. The minimum absolute atomic E-state index is 0.0197. The normalized spacial score (nSPS) is 10.1. The number of benzene rings is 1. The van der Waals surface area contributed by atoms with E-state index in [1.165, 1.54) is 24.3 Å². The zero-order chi connectivity index (χ0) is 13.1. The molecule has 7 heteroatoms. The highest BCUT2D eigenvalue weighted by Crippen LogP contribution is 2.17. The number of carboxylic acid groups (broad SMARTS) is 1. The number of nitrogens with one attached hydrogen (secondary N) is 2. The van der Waals surface area contributed by atoms with Crippen LogP contribution in [0.3, 0.4) is 0 Å². The lowest BCUT2D eigenvalue weighted by Crippen LogP contribution is -2.14. The average molecular weight is 249 g/mol. The maximum Gasteiger partial charge on any atom is 0.339 e. The number of H-pyrrole nitrogens is 1. The van der Waals surface area contributed by atoms with Crippen LogP contribution < -0.4 is 10.9 Å². The van der Waals surface area contributed by atoms with Gasteiger partial charge in [-0.2, -0.15) is 5.10 Å². The van der Waals surface area contributed by atoms with E-state index in [4.69, 9.17) is 5.11 Å². The van der Waals surface area contributed by atoms with Crippen LogP contribution in [-0.4, -0.2) is 21.3 Å². The monoisotopic (exact) mass is 249 g/mol. The summed E-state index contributed by atoms with van der Waals surface area (Å²) in [5, 5.41) is 17.3. The molecule has 0 atom stereocenters. The Labute approximate surface area is 100 Å². The number of hydrogen-bond acceptors (Lipinski definition) is 4. The molecule has 1 aromatic carbocycles. The second-order valence-electron chi connectivity index (χ2n) is 3.43. The minimum atomic E-state index is -1.28. The third-order valence-electron chi connectivity index (χ3n) is 2.15. The van der Waals surface area contributed by atoms with Crippen LogP contribution in [0.25, 0.3) is 0 Å². The van der Waals surface area contributed by atoms with Gasteiger partial charge in [-0.25, -0.2) is 14.3 Å². The zero-order valence-corrected chi connectivity index (χ0v) is 8.98. The van der Waals surface area contributed by atoms with Crippen LogP contribution in [0.4, 0.5) is 15.9 Å². The van der Waals surface area contributed by atoms with E-state index in [1.807, 2.05) is 0 Å². The number of halogens is 1. The molecule has 6 nitrogen and oxygen atoms in total. The Morgan fingerprint density at radius 3 is 2.61 bits per heavy atom. The van der Waals surface area contributed by atoms with Gasteiger partial charge in [-0.05, 0) is 24.3 Å². The van der Waals surface area contributed by atoms with Crippen LogP contribution in [-0.2, 0) is 0 Å². The maximum atomic E-state index is 12.7. The number of aromatic nitrogens is 2. The molecule has 92 valence electrons. The van der Waals surface area contributed by atoms with Crippen LogP contribution in [0.15, 0.2) is 35.1 Å². The summed E-state index contributed by atoms with van der Waals surface area (Å²) in [7, 11) is 0. The van der Waals surface area contributed by atoms with Gasteiger partial charge in [-0.15, -0.1) is 0 Å². The third kappa shape index (κ3) is 2.51. The highest BCUT2D eigenvalue weighted by Gasteiger charge is 2.12. The van der Waals surface area contributed by atoms with Crippen LogP contribution in [0, 0.1) is 5.82 Å². The second kappa shape index (κ2) is 4.66. The Bertz CT molecular complexity index is 637. The molecule has 0 fully saturated rings. The number of anilines is 2. The van der Waals surface area contributed by atoms with Gasteiger partial charge in [-0.3, -0.25) is 4.79 Å². The summed E-state index contributed by atoms with van der Waals surface area (Å²) in [6, 6.07) is 6.20. The van der Waals surface area contributed by atoms with Crippen molar-refractivity contribution in [3.63, 3.8) is 0 Å². The van der Waals surface area contributed by atoms with Crippen LogP contribution in [0.1, 0.15) is 10.4 Å². The lowest BCUT2D eigenvalue weighted by atomic mass is 10.2. The number of carbonyl (C=O) groups is 1. The van der Waals surface area contributed by atoms with E-state index in [1.54, 1.807) is 0 Å². The zero-order valence-electron chi connectivity index (χ0n) is 8.98. The fraction of sp³-hybridized carbons (Fsp3) is 0. The molecule has 0 aliphatic heterocycles. The fourth-order valence-electron chi connectivity index (χ4n) is 1.33. The Balaban J connectivity index is 2.37. The Morgan fingerprint density at radius 1 is 1.33 bits per heavy atom. The summed E-state index contributed by atoms with van der Waals surface area (Å²) >= 11 is 0. The predicted molar refractivity (Wildman–Crippen MR) is 61.5 cm³/mol. The molecule has 2 rings (SSSR count). The van der Waals surface area contributed by atoms with Crippen molar-refractivity contribution in [1.29, 1.82) is 0 Å². The van der Waals surface area contributed by atoms with Crippen molar-refractivity contribution in [1.82, 2.24) is 10.2 Å². The molecule has 0 bridgehead atoms. The number of rotatable bonds is 3. The Hall–Kier alpha value is -2.70. The standard InChI is InChI=1S/C11H8FN3O3/c12-6-1-3-7(4-2-6)13-10-8(11(17)18)5-9(16)14-15-10/h1-5H,(H,13,15)(H,14,16)(H,17,18). The van der Waals surface area contributed by atoms with Crippen LogP contribution in [0.2, 0.25) is 0 Å². The van der Waals surface area contributed by atoms with Crippen molar-refractivity contribution in [3.05, 3.63) is 52.1 Å². The van der Waals surface area contributed by atoms with Gasteiger partial charge in [0, 0.05) is 11.8 Å². The van der Waals surface area contributed by atoms with Gasteiger partial charge in [0.2, 0.25) is 0 Å². The van der Waals surface area contributed by atoms with Crippen molar-refractivity contribution in [2.45, 2.75) is 0 Å². The number of hydrogen-bond donors (Lipinski definition) is 3. The van der Waals surface area contributed by atoms with Crippen molar-refractivity contribution in [2.75, 3.05) is 5.32 Å². The van der Waals surface area contributed by atoms with Gasteiger partial charge in [0.05, 0.1) is 0 Å². The molecule has 2 aromatic rings. The molecule has 0 saturated carbocycles. The van der Waals surface area contributed by atoms with Crippen LogP contribution >= 0.6 is 0 Å². The maximum absolute atomic E-state index is 12.7. The van der Waals surface area contributed by atoms with Gasteiger partial charge >= 0.3 is 5.97 Å². The summed E-state index contributed by atoms with van der Waals surface area (Å²) in [6.07, 6.45) is 0. The van der Waals surface area contributed by atoms with E-state index < -0.39 is 17.3 Å². The van der Waals surface area contributed by atoms with E-state index in [2.05, 4.69) is 15.5 Å². The molecule has 1 heterocycles. The van der Waals surface area contributed by atoms with Crippen molar-refractivity contribution in [3.8, 4) is 0 Å². The third-order valence-corrected chi connectivity index (χ3v) is 2.15. The summed E-state index contributed by atoms with van der Waals surface area (Å²) in [5.74, 6) is -1.71. The van der Waals surface area contributed by atoms with E-state index in [9.17, 15) is 14.0 Å². The molecular formula is C11H8FN3O3. The first kappa shape index (κ1) is 11.8. The van der Waals surface area contributed by atoms with Gasteiger partial charge in [0.1, 0.15) is 11.4 Å². The number of carboxylic acids is 1. The lowest BCUT2D eigenvalue weighted by Gasteiger charge is -2.07. The summed E-state index contributed by atoms with van der Waals surface area (Å²) in [6.45, 7) is 0. The molecule has 0 saturated heterocycles. The molecule has 0 radical (unpaired) electrons. The molecular weight excluding hydrogens is 241 g/mol. The smallest absolute Gasteiger partial charge is 0.339 e. The Kier molecular flexibility index (Phi) is 3.05. The van der Waals surface area contributed by atoms with E-state index in [0.717, 1.165) is 6.07 Å². The summed E-state index contributed by atoms with van der Waals surface area (Å²) in [4.78, 5) is 21.9. The van der Waals surface area contributed by atoms with Crippen molar-refractivity contribution in [2.24, 2.45) is 0 Å². The van der Waals surface area contributed by atoms with E-state index in [0.29, 0.717) is 5.69 Å². The number of aromatic amines is 1. The first-order chi connectivity index (χ1) is 8.56. The van der Waals surface area contributed by atoms with Crippen molar-refractivity contribution >= 4 is 17.5 Å². The van der Waals surface area contributed by atoms with Gasteiger partial charge in [0.25, 0.3) is 5.56 Å². The number of aromatic carboxylic acids is 1. The topological polar surface area (TPSA) is 95.1 Å². The quantitative estimate of drug-likeness (QED) is 0.763. The molecule has 1 aromatic heterocycles. The number of nitrogens with zero attached hydrogens (tertiary/aromatic N) is 1. The minimum Gasteiger partial charge on any atom is -0.478 e. The Morgan fingerprint density at radius 2 is 2.00 bits per heavy atom. The highest BCUT2D eigenvalue weighted by molar-refractivity contribution is 5.93. The van der Waals surface area contributed by atoms with Crippen molar-refractivity contribution < 1.29 is 14.3 Å². The van der Waals surface area contributed by atoms with Gasteiger partial charge in [0.15, 0.2) is 5.82 Å². The first-order valence-electron chi connectivity index (χ1n) is 4.92. The van der Waals surface area contributed by atoms with Gasteiger partial charge < -0.3 is 10.4 Å². The molecule has 0 aliphatic carbocycles. The molecule has 0 amide bonds. The molecule has 3 N–H and O–H groups in total.